The summed E-state index contributed by atoms with van der Waals surface area (Å²) in [5.41, 5.74) is 8.43. The number of carboxylic acids is 1. The zero-order valence-corrected chi connectivity index (χ0v) is 23.8. The van der Waals surface area contributed by atoms with E-state index in [4.69, 9.17) is 4.98 Å². The maximum Gasteiger partial charge on any atom is 1.00 e. The fraction of sp³-hybridized carbons (Fsp3) is 0.400. The van der Waals surface area contributed by atoms with Crippen molar-refractivity contribution in [3.05, 3.63) is 76.7 Å². The summed E-state index contributed by atoms with van der Waals surface area (Å²) < 4.78 is 13.9. The van der Waals surface area contributed by atoms with Crippen LogP contribution in [0.25, 0.3) is 22.4 Å². The van der Waals surface area contributed by atoms with Gasteiger partial charge in [0.1, 0.15) is 5.82 Å². The van der Waals surface area contributed by atoms with E-state index >= 15 is 0 Å². The van der Waals surface area contributed by atoms with Crippen molar-refractivity contribution in [1.82, 2.24) is 4.98 Å². The molecule has 0 aliphatic heterocycles. The smallest absolute Gasteiger partial charge is 0.550 e. The summed E-state index contributed by atoms with van der Waals surface area (Å²) in [6.45, 7) is 4.19. The molecule has 190 valence electrons. The van der Waals surface area contributed by atoms with E-state index in [2.05, 4.69) is 32.0 Å². The van der Waals surface area contributed by atoms with Crippen LogP contribution in [0.1, 0.15) is 67.8 Å². The number of rotatable bonds is 9. The number of pyridine rings is 1. The molecule has 1 heterocycles. The van der Waals surface area contributed by atoms with Gasteiger partial charge in [-0.2, -0.15) is 0 Å². The van der Waals surface area contributed by atoms with Crippen LogP contribution in [0.15, 0.2) is 48.5 Å². The van der Waals surface area contributed by atoms with Crippen molar-refractivity contribution in [2.75, 3.05) is 0 Å². The van der Waals surface area contributed by atoms with E-state index in [0.717, 1.165) is 58.5 Å². The Labute approximate surface area is 240 Å². The van der Waals surface area contributed by atoms with Crippen LogP contribution in [-0.2, 0) is 24.1 Å². The molecule has 1 aromatic heterocycles. The minimum atomic E-state index is -1.34. The summed E-state index contributed by atoms with van der Waals surface area (Å²) in [6, 6.07) is 14.9. The van der Waals surface area contributed by atoms with Gasteiger partial charge in [0.15, 0.2) is 0 Å². The summed E-state index contributed by atoms with van der Waals surface area (Å²) in [5.74, 6) is -1.53. The first-order valence-corrected chi connectivity index (χ1v) is 12.7. The van der Waals surface area contributed by atoms with E-state index in [-0.39, 0.29) is 47.7 Å². The number of aryl methyl sites for hydroxylation is 1. The normalized spacial score (nSPS) is 14.2. The van der Waals surface area contributed by atoms with Gasteiger partial charge in [0.05, 0.1) is 17.9 Å². The number of nitrogens with zero attached hydrogens (tertiary/aromatic N) is 1. The second-order valence-electron chi connectivity index (χ2n) is 10.0. The third-order valence-electron chi connectivity index (χ3n) is 6.93. The van der Waals surface area contributed by atoms with Gasteiger partial charge in [0.25, 0.3) is 0 Å². The molecule has 0 saturated carbocycles. The Kier molecular flexibility index (Phi) is 10.4. The van der Waals surface area contributed by atoms with Crippen LogP contribution >= 0.6 is 0 Å². The number of carboxylic acid groups (broad SMARTS) is 1. The molecule has 7 heteroatoms. The number of hydrogen-bond acceptors (Lipinski definition) is 5. The molecule has 0 unspecified atom stereocenters. The topological polar surface area (TPSA) is 93.5 Å². The number of aliphatic carboxylic acids is 1. The molecule has 0 bridgehead atoms. The van der Waals surface area contributed by atoms with Gasteiger partial charge in [0, 0.05) is 23.6 Å². The molecular weight excluding hydrogens is 480 g/mol. The van der Waals surface area contributed by atoms with Crippen molar-refractivity contribution >= 4 is 5.97 Å². The van der Waals surface area contributed by atoms with Crippen molar-refractivity contribution in [3.8, 4) is 22.4 Å². The van der Waals surface area contributed by atoms with E-state index in [1.54, 1.807) is 12.1 Å². The molecule has 37 heavy (non-hydrogen) atoms. The van der Waals surface area contributed by atoms with Gasteiger partial charge >= 0.3 is 29.6 Å². The Balaban J connectivity index is 0.00000380. The Morgan fingerprint density at radius 1 is 1.05 bits per heavy atom. The van der Waals surface area contributed by atoms with Crippen LogP contribution in [-0.4, -0.2) is 33.4 Å². The predicted octanol–water partition coefficient (Wildman–Crippen LogP) is 1.36. The second-order valence-corrected chi connectivity index (χ2v) is 10.0. The maximum atomic E-state index is 13.9. The van der Waals surface area contributed by atoms with E-state index in [0.29, 0.717) is 12.8 Å². The number of aliphatic hydroxyl groups excluding tert-OH is 2. The molecule has 4 rings (SSSR count). The first-order valence-electron chi connectivity index (χ1n) is 12.7. The number of carbonyl (C=O) groups excluding carboxylic acids is 1. The Bertz CT molecular complexity index is 1230. The molecule has 1 aliphatic carbocycles. The van der Waals surface area contributed by atoms with Gasteiger partial charge in [-0.15, -0.1) is 0 Å². The van der Waals surface area contributed by atoms with Crippen LogP contribution in [0.3, 0.4) is 0 Å². The predicted molar refractivity (Wildman–Crippen MR) is 136 cm³/mol. The zero-order chi connectivity index (χ0) is 25.8. The van der Waals surface area contributed by atoms with Gasteiger partial charge in [-0.3, -0.25) is 4.98 Å². The standard InChI is InChI=1S/C30H34FNO4.Na/c1-18(2)29-26(15-14-22(33)16-23(34)17-27(35)36)28(20-10-12-21(31)13-11-20)25-9-5-7-19-6-3-4-8-24(19)30(25)32-29;/h3-4,6,8,10-13,18,22-23,33-34H,5,7,9,14-17H2,1-2H3,(H,35,36);/q;+1/p-1/t22-,23-;/m1./s1. The summed E-state index contributed by atoms with van der Waals surface area (Å²) in [5, 5.41) is 31.3. The van der Waals surface area contributed by atoms with E-state index < -0.39 is 24.6 Å². The van der Waals surface area contributed by atoms with Gasteiger partial charge in [0.2, 0.25) is 0 Å². The van der Waals surface area contributed by atoms with Crippen LogP contribution in [0.2, 0.25) is 0 Å². The molecule has 2 N–H and O–H groups in total. The third-order valence-corrected chi connectivity index (χ3v) is 6.93. The molecule has 5 nitrogen and oxygen atoms in total. The van der Waals surface area contributed by atoms with E-state index in [9.17, 15) is 24.5 Å². The fourth-order valence-electron chi connectivity index (χ4n) is 5.29. The molecule has 0 amide bonds. The van der Waals surface area contributed by atoms with Gasteiger partial charge in [-0.05, 0) is 84.4 Å². The molecule has 0 fully saturated rings. The Hall–Kier alpha value is -2.09. The molecule has 0 radical (unpaired) electrons. The summed E-state index contributed by atoms with van der Waals surface area (Å²) >= 11 is 0. The fourth-order valence-corrected chi connectivity index (χ4v) is 5.29. The number of aromatic nitrogens is 1. The van der Waals surface area contributed by atoms with Crippen LogP contribution in [0, 0.1) is 5.82 Å². The van der Waals surface area contributed by atoms with Crippen LogP contribution in [0.4, 0.5) is 4.39 Å². The average Bonchev–Trinajstić information content (AvgIpc) is 3.01. The molecule has 0 spiro atoms. The van der Waals surface area contributed by atoms with Gasteiger partial charge in [-0.25, -0.2) is 4.39 Å². The second kappa shape index (κ2) is 13.1. The van der Waals surface area contributed by atoms with Crippen LogP contribution in [0.5, 0.6) is 0 Å². The number of fused-ring (bicyclic) bond motifs is 3. The average molecular weight is 514 g/mol. The summed E-state index contributed by atoms with van der Waals surface area (Å²) in [7, 11) is 0. The van der Waals surface area contributed by atoms with Gasteiger partial charge < -0.3 is 20.1 Å². The van der Waals surface area contributed by atoms with Gasteiger partial charge in [-0.1, -0.05) is 50.2 Å². The summed E-state index contributed by atoms with van der Waals surface area (Å²) in [6.07, 6.45) is 1.03. The van der Waals surface area contributed by atoms with Crippen molar-refractivity contribution < 1.29 is 54.1 Å². The van der Waals surface area contributed by atoms with E-state index in [1.165, 1.54) is 17.7 Å². The molecule has 3 aromatic rings. The quantitative estimate of drug-likeness (QED) is 0.422. The van der Waals surface area contributed by atoms with Crippen molar-refractivity contribution in [1.29, 1.82) is 0 Å². The molecule has 1 aliphatic rings. The largest absolute Gasteiger partial charge is 1.00 e. The van der Waals surface area contributed by atoms with E-state index in [1.807, 2.05) is 6.07 Å². The molecular formula is C30H33FNNaO4. The SMILES string of the molecule is CC(C)c1nc2c(c(-c3ccc(F)cc3)c1CC[C@@H](O)C[C@@H](O)CC(=O)[O-])CCCc1ccccc1-2.[Na+]. The molecule has 2 aromatic carbocycles. The van der Waals surface area contributed by atoms with Crippen molar-refractivity contribution in [3.63, 3.8) is 0 Å². The Morgan fingerprint density at radius 2 is 1.76 bits per heavy atom. The molecule has 0 saturated heterocycles. The summed E-state index contributed by atoms with van der Waals surface area (Å²) in [4.78, 5) is 16.0. The number of carbonyl (C=O) groups is 1. The Morgan fingerprint density at radius 3 is 2.43 bits per heavy atom. The van der Waals surface area contributed by atoms with Crippen molar-refractivity contribution in [2.45, 2.75) is 76.9 Å². The first kappa shape index (κ1) is 29.5. The minimum Gasteiger partial charge on any atom is -0.550 e. The zero-order valence-electron chi connectivity index (χ0n) is 21.8. The van der Waals surface area contributed by atoms with Crippen molar-refractivity contribution in [2.24, 2.45) is 0 Å². The minimum absolute atomic E-state index is 0. The van der Waals surface area contributed by atoms with Crippen LogP contribution < -0.4 is 34.7 Å². The first-order chi connectivity index (χ1) is 17.2. The monoisotopic (exact) mass is 513 g/mol. The number of benzene rings is 2. The third kappa shape index (κ3) is 7.06. The maximum absolute atomic E-state index is 13.9. The molecule has 2 atom stereocenters. The number of hydrogen-bond donors (Lipinski definition) is 2. The number of halogens is 1. The number of aliphatic hydroxyl groups is 2.